The molecule has 2 heterocycles. The van der Waals surface area contributed by atoms with Crippen molar-refractivity contribution in [1.82, 2.24) is 14.7 Å². The van der Waals surface area contributed by atoms with Crippen LogP contribution in [0, 0.1) is 23.4 Å². The molecule has 0 aliphatic carbocycles. The van der Waals surface area contributed by atoms with Gasteiger partial charge in [0.25, 0.3) is 16.4 Å². The predicted molar refractivity (Wildman–Crippen MR) is 118 cm³/mol. The molecule has 4 rings (SSSR count). The summed E-state index contributed by atoms with van der Waals surface area (Å²) in [7, 11) is -4.46. The van der Waals surface area contributed by atoms with Crippen LogP contribution in [0.4, 0.5) is 27.1 Å². The van der Waals surface area contributed by atoms with Crippen LogP contribution >= 0.6 is 11.5 Å². The van der Waals surface area contributed by atoms with Crippen LogP contribution in [0.1, 0.15) is 29.9 Å². The zero-order chi connectivity index (χ0) is 25.2. The molecule has 2 aromatic carbocycles. The first-order valence-electron chi connectivity index (χ1n) is 10.3. The highest BCUT2D eigenvalue weighted by molar-refractivity contribution is 7.93. The van der Waals surface area contributed by atoms with Crippen LogP contribution in [0.2, 0.25) is 0 Å². The summed E-state index contributed by atoms with van der Waals surface area (Å²) in [5.74, 6) is -4.47. The molecule has 2 atom stereocenters. The summed E-state index contributed by atoms with van der Waals surface area (Å²) in [5, 5.41) is 3.01. The van der Waals surface area contributed by atoms with Crippen molar-refractivity contribution in [3.63, 3.8) is 0 Å². The zero-order valence-electron chi connectivity index (χ0n) is 17.9. The van der Waals surface area contributed by atoms with Gasteiger partial charge in [0.1, 0.15) is 22.9 Å². The summed E-state index contributed by atoms with van der Waals surface area (Å²) >= 11 is 0.722. The van der Waals surface area contributed by atoms with Gasteiger partial charge >= 0.3 is 0 Å². The molecule has 3 aromatic rings. The molecule has 0 radical (unpaired) electrons. The Balaban J connectivity index is 1.51. The van der Waals surface area contributed by atoms with Gasteiger partial charge in [-0.1, -0.05) is 6.07 Å². The first-order chi connectivity index (χ1) is 16.7. The number of hydrogen-bond acceptors (Lipinski definition) is 7. The molecule has 188 valence electrons. The van der Waals surface area contributed by atoms with Crippen molar-refractivity contribution in [2.75, 3.05) is 24.4 Å². The van der Waals surface area contributed by atoms with Crippen LogP contribution in [0.15, 0.2) is 41.6 Å². The van der Waals surface area contributed by atoms with Crippen LogP contribution in [0.5, 0.6) is 5.75 Å². The van der Waals surface area contributed by atoms with E-state index in [1.165, 1.54) is 6.07 Å². The van der Waals surface area contributed by atoms with Crippen molar-refractivity contribution < 1.29 is 35.1 Å². The summed E-state index contributed by atoms with van der Waals surface area (Å²) in [6, 6.07) is 4.66. The van der Waals surface area contributed by atoms with Crippen molar-refractivity contribution in [2.45, 2.75) is 23.7 Å². The molecule has 1 fully saturated rings. The number of rotatable bonds is 8. The van der Waals surface area contributed by atoms with Crippen molar-refractivity contribution >= 4 is 26.7 Å². The average molecular weight is 535 g/mol. The number of alkyl halides is 2. The molecule has 2 N–H and O–H groups in total. The van der Waals surface area contributed by atoms with Gasteiger partial charge in [0.15, 0.2) is 11.6 Å². The van der Waals surface area contributed by atoms with E-state index in [0.29, 0.717) is 37.2 Å². The second kappa shape index (κ2) is 10.4. The van der Waals surface area contributed by atoms with Crippen molar-refractivity contribution in [3.8, 4) is 5.75 Å². The van der Waals surface area contributed by atoms with Crippen LogP contribution in [0.3, 0.4) is 0 Å². The third-order valence-corrected chi connectivity index (χ3v) is 7.67. The third kappa shape index (κ3) is 5.70. The smallest absolute Gasteiger partial charge is 0.266 e. The number of anilines is 1. The Morgan fingerprint density at radius 2 is 1.94 bits per heavy atom. The van der Waals surface area contributed by atoms with Crippen molar-refractivity contribution in [2.24, 2.45) is 5.92 Å². The maximum atomic E-state index is 14.6. The molecule has 0 bridgehead atoms. The van der Waals surface area contributed by atoms with Gasteiger partial charge in [-0.3, -0.25) is 4.72 Å². The molecule has 35 heavy (non-hydrogen) atoms. The number of halogens is 5. The standard InChI is InChI=1S/C21H19F5N4O3S2/c22-15-2-1-11(5-14(15)20(25)26)13-3-4-27-8-12(13)9-33-18-6-17(24)19(7-16(18)23)35(31,32)30-21-28-10-29-34-21/h1-2,5-7,10,12-13,20,27H,3-4,8-9H2,(H,28,29,30)/t12-,13-/m1/s1. The fourth-order valence-electron chi connectivity index (χ4n) is 3.91. The van der Waals surface area contributed by atoms with Gasteiger partial charge in [-0.25, -0.2) is 35.4 Å². The van der Waals surface area contributed by atoms with Gasteiger partial charge in [-0.2, -0.15) is 4.37 Å². The first kappa shape index (κ1) is 25.3. The Bertz CT molecular complexity index is 1290. The second-order valence-corrected chi connectivity index (χ2v) is 10.2. The molecule has 1 aliphatic heterocycles. The van der Waals surface area contributed by atoms with Crippen LogP contribution in [-0.4, -0.2) is 37.5 Å². The Hall–Kier alpha value is -2.84. The molecule has 0 saturated carbocycles. The minimum atomic E-state index is -4.46. The Morgan fingerprint density at radius 1 is 1.14 bits per heavy atom. The lowest BCUT2D eigenvalue weighted by molar-refractivity contribution is 0.146. The second-order valence-electron chi connectivity index (χ2n) is 7.82. The Morgan fingerprint density at radius 3 is 2.66 bits per heavy atom. The summed E-state index contributed by atoms with van der Waals surface area (Å²) in [6.07, 6.45) is -1.34. The lowest BCUT2D eigenvalue weighted by atomic mass is 9.81. The predicted octanol–water partition coefficient (Wildman–Crippen LogP) is 4.47. The van der Waals surface area contributed by atoms with E-state index in [-0.39, 0.29) is 23.6 Å². The van der Waals surface area contributed by atoms with Gasteiger partial charge in [0, 0.05) is 36.1 Å². The van der Waals surface area contributed by atoms with E-state index in [0.717, 1.165) is 30.0 Å². The highest BCUT2D eigenvalue weighted by Gasteiger charge is 2.30. The molecule has 0 amide bonds. The maximum absolute atomic E-state index is 14.6. The van der Waals surface area contributed by atoms with Crippen molar-refractivity contribution in [3.05, 3.63) is 65.2 Å². The van der Waals surface area contributed by atoms with Crippen LogP contribution in [0.25, 0.3) is 0 Å². The largest absolute Gasteiger partial charge is 0.490 e. The Kier molecular flexibility index (Phi) is 7.52. The number of benzene rings is 2. The highest BCUT2D eigenvalue weighted by Crippen LogP contribution is 2.35. The van der Waals surface area contributed by atoms with Gasteiger partial charge < -0.3 is 10.1 Å². The monoisotopic (exact) mass is 534 g/mol. The third-order valence-electron chi connectivity index (χ3n) is 5.60. The molecule has 1 saturated heterocycles. The molecule has 0 unspecified atom stereocenters. The first-order valence-corrected chi connectivity index (χ1v) is 12.6. The van der Waals surface area contributed by atoms with Crippen LogP contribution in [-0.2, 0) is 10.0 Å². The quantitative estimate of drug-likeness (QED) is 0.415. The van der Waals surface area contributed by atoms with Gasteiger partial charge in [-0.05, 0) is 36.6 Å². The van der Waals surface area contributed by atoms with E-state index in [2.05, 4.69) is 14.7 Å². The van der Waals surface area contributed by atoms with E-state index in [1.807, 2.05) is 4.72 Å². The van der Waals surface area contributed by atoms with E-state index in [9.17, 15) is 30.4 Å². The van der Waals surface area contributed by atoms with Gasteiger partial charge in [0.05, 0.1) is 12.2 Å². The topological polar surface area (TPSA) is 93.2 Å². The van der Waals surface area contributed by atoms with Crippen LogP contribution < -0.4 is 14.8 Å². The number of nitrogens with one attached hydrogen (secondary N) is 2. The normalized spacial score (nSPS) is 18.6. The summed E-state index contributed by atoms with van der Waals surface area (Å²) < 4.78 is 105. The van der Waals surface area contributed by atoms with E-state index in [4.69, 9.17) is 4.74 Å². The lowest BCUT2D eigenvalue weighted by Gasteiger charge is -2.32. The zero-order valence-corrected chi connectivity index (χ0v) is 19.5. The molecule has 1 aromatic heterocycles. The number of nitrogens with zero attached hydrogens (tertiary/aromatic N) is 2. The van der Waals surface area contributed by atoms with E-state index in [1.54, 1.807) is 0 Å². The fraction of sp³-hybridized carbons (Fsp3) is 0.333. The number of sulfonamides is 1. The molecular weight excluding hydrogens is 515 g/mol. The lowest BCUT2D eigenvalue weighted by Crippen LogP contribution is -2.38. The minimum Gasteiger partial charge on any atom is -0.490 e. The summed E-state index contributed by atoms with van der Waals surface area (Å²) in [4.78, 5) is 2.71. The minimum absolute atomic E-state index is 0.114. The molecule has 7 nitrogen and oxygen atoms in total. The fourth-order valence-corrected chi connectivity index (χ4v) is 5.64. The van der Waals surface area contributed by atoms with Gasteiger partial charge in [0.2, 0.25) is 5.13 Å². The van der Waals surface area contributed by atoms with Gasteiger partial charge in [-0.15, -0.1) is 0 Å². The summed E-state index contributed by atoms with van der Waals surface area (Å²) in [6.45, 7) is 0.860. The van der Waals surface area contributed by atoms with E-state index >= 15 is 0 Å². The molecule has 0 spiro atoms. The summed E-state index contributed by atoms with van der Waals surface area (Å²) in [5.41, 5.74) is -0.208. The number of piperidine rings is 1. The SMILES string of the molecule is O=S(=O)(Nc1ncns1)c1cc(F)c(OC[C@H]2CNCC[C@@H]2c2ccc(F)c(C(F)F)c2)cc1F. The average Bonchev–Trinajstić information content (AvgIpc) is 3.32. The van der Waals surface area contributed by atoms with E-state index < -0.39 is 50.1 Å². The molecule has 1 aliphatic rings. The Labute approximate surface area is 201 Å². The number of aromatic nitrogens is 2. The molecule has 14 heteroatoms. The molecular formula is C21H19F5N4O3S2. The maximum Gasteiger partial charge on any atom is 0.266 e. The van der Waals surface area contributed by atoms with Crippen molar-refractivity contribution in [1.29, 1.82) is 0 Å². The number of ether oxygens (including phenoxy) is 1. The highest BCUT2D eigenvalue weighted by atomic mass is 32.2. The number of hydrogen-bond donors (Lipinski definition) is 2.